The summed E-state index contributed by atoms with van der Waals surface area (Å²) in [4.78, 5) is 12.3. The fraction of sp³-hybridized carbons (Fsp3) is 0.190. The Hall–Kier alpha value is -2.86. The summed E-state index contributed by atoms with van der Waals surface area (Å²) in [6.45, 7) is 2.57. The van der Waals surface area contributed by atoms with Gasteiger partial charge in [-0.05, 0) is 48.9 Å². The van der Waals surface area contributed by atoms with Crippen molar-refractivity contribution in [2.45, 2.75) is 19.8 Å². The highest BCUT2D eigenvalue weighted by atomic mass is 35.5. The van der Waals surface area contributed by atoms with Gasteiger partial charge in [0.2, 0.25) is 0 Å². The van der Waals surface area contributed by atoms with Gasteiger partial charge in [0.25, 0.3) is 5.91 Å². The van der Waals surface area contributed by atoms with Gasteiger partial charge in [0.05, 0.1) is 6.61 Å². The Bertz CT molecular complexity index is 967. The number of anilines is 1. The van der Waals surface area contributed by atoms with Gasteiger partial charge in [0, 0.05) is 17.0 Å². The lowest BCUT2D eigenvalue weighted by molar-refractivity contribution is 0.0994. The minimum Gasteiger partial charge on any atom is -0.493 e. The van der Waals surface area contributed by atoms with E-state index in [4.69, 9.17) is 20.8 Å². The number of hydrogen-bond donors (Lipinski definition) is 1. The molecule has 28 heavy (non-hydrogen) atoms. The molecule has 0 radical (unpaired) electrons. The maximum atomic E-state index is 13.7. The molecule has 7 heteroatoms. The van der Waals surface area contributed by atoms with E-state index in [1.807, 2.05) is 6.92 Å². The van der Waals surface area contributed by atoms with Gasteiger partial charge in [-0.15, -0.1) is 0 Å². The van der Waals surface area contributed by atoms with Crippen LogP contribution in [-0.2, 0) is 6.42 Å². The maximum Gasteiger partial charge on any atom is 0.291 e. The largest absolute Gasteiger partial charge is 0.493 e. The van der Waals surface area contributed by atoms with Crippen LogP contribution in [0.5, 0.6) is 5.75 Å². The van der Waals surface area contributed by atoms with Crippen LogP contribution in [0.15, 0.2) is 52.9 Å². The van der Waals surface area contributed by atoms with Gasteiger partial charge in [-0.3, -0.25) is 4.79 Å². The lowest BCUT2D eigenvalue weighted by Crippen LogP contribution is -2.13. The number of carbonyl (C=O) groups excluding carboxylic acids is 1. The van der Waals surface area contributed by atoms with Crippen molar-refractivity contribution in [3.63, 3.8) is 0 Å². The number of halogens is 3. The van der Waals surface area contributed by atoms with Crippen LogP contribution in [0.4, 0.5) is 14.5 Å². The molecule has 3 rings (SSSR count). The predicted octanol–water partition coefficient (Wildman–Crippen LogP) is 5.84. The van der Waals surface area contributed by atoms with Crippen LogP contribution in [0.25, 0.3) is 0 Å². The zero-order chi connectivity index (χ0) is 20.1. The number of rotatable bonds is 7. The van der Waals surface area contributed by atoms with E-state index in [1.54, 1.807) is 24.3 Å². The summed E-state index contributed by atoms with van der Waals surface area (Å²) in [7, 11) is 0. The zero-order valence-corrected chi connectivity index (χ0v) is 15.9. The van der Waals surface area contributed by atoms with Crippen molar-refractivity contribution in [1.29, 1.82) is 0 Å². The molecule has 0 bridgehead atoms. The number of para-hydroxylation sites is 1. The summed E-state index contributed by atoms with van der Waals surface area (Å²) in [5.74, 6) is -1.36. The van der Waals surface area contributed by atoms with Crippen LogP contribution in [0, 0.1) is 11.6 Å². The second-order valence-corrected chi connectivity index (χ2v) is 6.53. The minimum atomic E-state index is -0.864. The lowest BCUT2D eigenvalue weighted by Gasteiger charge is -2.10. The highest BCUT2D eigenvalue weighted by Gasteiger charge is 2.17. The van der Waals surface area contributed by atoms with Gasteiger partial charge in [0.1, 0.15) is 28.8 Å². The highest BCUT2D eigenvalue weighted by Crippen LogP contribution is 2.27. The quantitative estimate of drug-likeness (QED) is 0.537. The molecule has 0 atom stereocenters. The smallest absolute Gasteiger partial charge is 0.291 e. The van der Waals surface area contributed by atoms with Crippen molar-refractivity contribution in [2.24, 2.45) is 0 Å². The SMILES string of the molecule is CCCOc1ccc(Cl)cc1Cc1ccc(C(=O)Nc2c(F)cccc2F)o1. The molecule has 2 aromatic carbocycles. The topological polar surface area (TPSA) is 51.5 Å². The van der Waals surface area contributed by atoms with E-state index in [0.29, 0.717) is 29.6 Å². The van der Waals surface area contributed by atoms with Gasteiger partial charge in [-0.1, -0.05) is 24.6 Å². The monoisotopic (exact) mass is 405 g/mol. The Balaban J connectivity index is 1.76. The molecule has 1 amide bonds. The summed E-state index contributed by atoms with van der Waals surface area (Å²) in [6, 6.07) is 11.7. The molecule has 1 aromatic heterocycles. The number of nitrogens with one attached hydrogen (secondary N) is 1. The molecule has 0 spiro atoms. The maximum absolute atomic E-state index is 13.7. The fourth-order valence-corrected chi connectivity index (χ4v) is 2.81. The Kier molecular flexibility index (Phi) is 6.31. The molecule has 0 aliphatic heterocycles. The zero-order valence-electron chi connectivity index (χ0n) is 15.1. The Labute approximate surface area is 166 Å². The first kappa shape index (κ1) is 19.9. The van der Waals surface area contributed by atoms with Gasteiger partial charge in [-0.25, -0.2) is 8.78 Å². The molecule has 1 N–H and O–H groups in total. The summed E-state index contributed by atoms with van der Waals surface area (Å²) < 4.78 is 38.6. The number of hydrogen-bond acceptors (Lipinski definition) is 3. The van der Waals surface area contributed by atoms with Gasteiger partial charge >= 0.3 is 0 Å². The second-order valence-electron chi connectivity index (χ2n) is 6.09. The summed E-state index contributed by atoms with van der Waals surface area (Å²) in [6.07, 6.45) is 1.21. The number of benzene rings is 2. The van der Waals surface area contributed by atoms with E-state index in [2.05, 4.69) is 5.32 Å². The van der Waals surface area contributed by atoms with E-state index >= 15 is 0 Å². The third-order valence-corrected chi connectivity index (χ3v) is 4.17. The van der Waals surface area contributed by atoms with Crippen LogP contribution in [0.2, 0.25) is 5.02 Å². The van der Waals surface area contributed by atoms with Crippen molar-refractivity contribution in [3.8, 4) is 5.75 Å². The molecule has 0 saturated heterocycles. The van der Waals surface area contributed by atoms with E-state index in [-0.39, 0.29) is 5.76 Å². The third-order valence-electron chi connectivity index (χ3n) is 3.94. The Morgan fingerprint density at radius 3 is 2.61 bits per heavy atom. The molecular formula is C21H18ClF2NO3. The molecule has 3 aromatic rings. The molecule has 0 fully saturated rings. The van der Waals surface area contributed by atoms with Crippen molar-refractivity contribution in [1.82, 2.24) is 0 Å². The van der Waals surface area contributed by atoms with Crippen LogP contribution in [0.3, 0.4) is 0 Å². The predicted molar refractivity (Wildman–Crippen MR) is 103 cm³/mol. The third kappa shape index (κ3) is 4.70. The van der Waals surface area contributed by atoms with Gasteiger partial charge in [-0.2, -0.15) is 0 Å². The molecule has 146 valence electrons. The van der Waals surface area contributed by atoms with Crippen molar-refractivity contribution in [3.05, 3.63) is 82.3 Å². The standard InChI is InChI=1S/C21H18ClF2NO3/c1-2-10-27-18-8-6-14(22)11-13(18)12-15-7-9-19(28-15)21(26)25-20-16(23)4-3-5-17(20)24/h3-9,11H,2,10,12H2,1H3,(H,25,26). The first-order valence-corrected chi connectivity index (χ1v) is 9.11. The highest BCUT2D eigenvalue weighted by molar-refractivity contribution is 6.30. The van der Waals surface area contributed by atoms with E-state index < -0.39 is 23.2 Å². The number of ether oxygens (including phenoxy) is 1. The number of amides is 1. The Morgan fingerprint density at radius 2 is 1.89 bits per heavy atom. The molecule has 1 heterocycles. The average Bonchev–Trinajstić information content (AvgIpc) is 3.13. The summed E-state index contributed by atoms with van der Waals surface area (Å²) >= 11 is 6.07. The van der Waals surface area contributed by atoms with Crippen LogP contribution in [-0.4, -0.2) is 12.5 Å². The van der Waals surface area contributed by atoms with Crippen LogP contribution in [0.1, 0.15) is 35.2 Å². The Morgan fingerprint density at radius 1 is 1.14 bits per heavy atom. The molecular weight excluding hydrogens is 388 g/mol. The van der Waals surface area contributed by atoms with Gasteiger partial charge < -0.3 is 14.5 Å². The number of furan rings is 1. The minimum absolute atomic E-state index is 0.0595. The molecule has 4 nitrogen and oxygen atoms in total. The lowest BCUT2D eigenvalue weighted by atomic mass is 10.1. The normalized spacial score (nSPS) is 10.7. The average molecular weight is 406 g/mol. The van der Waals surface area contributed by atoms with Crippen LogP contribution >= 0.6 is 11.6 Å². The van der Waals surface area contributed by atoms with Crippen molar-refractivity contribution in [2.75, 3.05) is 11.9 Å². The number of carbonyl (C=O) groups is 1. The molecule has 0 aliphatic rings. The van der Waals surface area contributed by atoms with Crippen LogP contribution < -0.4 is 10.1 Å². The fourth-order valence-electron chi connectivity index (χ4n) is 2.61. The van der Waals surface area contributed by atoms with Crippen molar-refractivity contribution < 1.29 is 22.7 Å². The second kappa shape index (κ2) is 8.89. The van der Waals surface area contributed by atoms with Crippen molar-refractivity contribution >= 4 is 23.2 Å². The summed E-state index contributed by atoms with van der Waals surface area (Å²) in [5, 5.41) is 2.75. The molecule has 0 saturated carbocycles. The van der Waals surface area contributed by atoms with E-state index in [1.165, 1.54) is 12.1 Å². The van der Waals surface area contributed by atoms with E-state index in [9.17, 15) is 13.6 Å². The van der Waals surface area contributed by atoms with E-state index in [0.717, 1.165) is 24.1 Å². The molecule has 0 unspecified atom stereocenters. The first-order valence-electron chi connectivity index (χ1n) is 8.73. The summed E-state index contributed by atoms with van der Waals surface area (Å²) in [5.41, 5.74) is 0.290. The van der Waals surface area contributed by atoms with Gasteiger partial charge in [0.15, 0.2) is 5.76 Å². The first-order chi connectivity index (χ1) is 13.5. The molecule has 0 aliphatic carbocycles.